The molecule has 0 spiro atoms. The molecule has 5 nitrogen and oxygen atoms in total. The van der Waals surface area contributed by atoms with Crippen LogP contribution in [0.3, 0.4) is 0 Å². The van der Waals surface area contributed by atoms with E-state index >= 15 is 0 Å². The third kappa shape index (κ3) is 1.99. The van der Waals surface area contributed by atoms with Gasteiger partial charge in [-0.1, -0.05) is 0 Å². The predicted octanol–water partition coefficient (Wildman–Crippen LogP) is 0.214. The van der Waals surface area contributed by atoms with Crippen LogP contribution in [0, 0.1) is 0 Å². The van der Waals surface area contributed by atoms with Gasteiger partial charge in [-0.2, -0.15) is 4.31 Å². The lowest BCUT2D eigenvalue weighted by molar-refractivity contribution is -0.0624. The molecule has 0 amide bonds. The molecule has 16 heavy (non-hydrogen) atoms. The quantitative estimate of drug-likeness (QED) is 0.717. The molecule has 6 heteroatoms. The second-order valence-electron chi connectivity index (χ2n) is 4.29. The summed E-state index contributed by atoms with van der Waals surface area (Å²) in [4.78, 5) is 0. The Balaban J connectivity index is 2.22. The molecule has 2 aliphatic rings. The van der Waals surface area contributed by atoms with Crippen LogP contribution in [0.2, 0.25) is 0 Å². The molecule has 2 rings (SSSR count). The van der Waals surface area contributed by atoms with Gasteiger partial charge in [-0.05, 0) is 19.8 Å². The number of methoxy groups -OCH3 is 1. The molecule has 2 saturated heterocycles. The molecular formula is C10H19NO4S. The average molecular weight is 249 g/mol. The molecule has 0 aromatic rings. The van der Waals surface area contributed by atoms with Crippen molar-refractivity contribution >= 4 is 10.0 Å². The summed E-state index contributed by atoms with van der Waals surface area (Å²) in [5.74, 6) is 0.145. The zero-order chi connectivity index (χ0) is 11.8. The van der Waals surface area contributed by atoms with Gasteiger partial charge in [0.25, 0.3) is 0 Å². The van der Waals surface area contributed by atoms with Crippen LogP contribution in [-0.4, -0.2) is 57.0 Å². The maximum Gasteiger partial charge on any atom is 0.214 e. The van der Waals surface area contributed by atoms with Gasteiger partial charge in [0.15, 0.2) is 0 Å². The summed E-state index contributed by atoms with van der Waals surface area (Å²) in [6.45, 7) is 2.82. The molecule has 0 radical (unpaired) electrons. The van der Waals surface area contributed by atoms with Crippen molar-refractivity contribution in [1.29, 1.82) is 0 Å². The van der Waals surface area contributed by atoms with Crippen LogP contribution in [0.25, 0.3) is 0 Å². The van der Waals surface area contributed by atoms with Crippen LogP contribution in [0.5, 0.6) is 0 Å². The third-order valence-corrected chi connectivity index (χ3v) is 5.32. The number of hydrogen-bond donors (Lipinski definition) is 0. The van der Waals surface area contributed by atoms with Crippen molar-refractivity contribution in [3.8, 4) is 0 Å². The molecule has 3 atom stereocenters. The summed E-state index contributed by atoms with van der Waals surface area (Å²) in [6.07, 6.45) is 1.60. The fourth-order valence-corrected chi connectivity index (χ4v) is 3.90. The monoisotopic (exact) mass is 249 g/mol. The van der Waals surface area contributed by atoms with Crippen LogP contribution >= 0.6 is 0 Å². The number of nitrogens with zero attached hydrogens (tertiary/aromatic N) is 1. The average Bonchev–Trinajstić information content (AvgIpc) is 2.68. The van der Waals surface area contributed by atoms with E-state index in [9.17, 15) is 8.42 Å². The molecule has 0 aromatic heterocycles. The van der Waals surface area contributed by atoms with E-state index < -0.39 is 10.0 Å². The van der Waals surface area contributed by atoms with E-state index in [4.69, 9.17) is 9.47 Å². The SMILES string of the molecule is CCS(=O)(=O)N1C[C@H](OC)[C@H]2OCCC[C@H]21. The second kappa shape index (κ2) is 4.60. The van der Waals surface area contributed by atoms with Crippen molar-refractivity contribution in [2.75, 3.05) is 26.0 Å². The van der Waals surface area contributed by atoms with Crippen LogP contribution < -0.4 is 0 Å². The fourth-order valence-electron chi connectivity index (χ4n) is 2.56. The number of rotatable bonds is 3. The molecular weight excluding hydrogens is 230 g/mol. The van der Waals surface area contributed by atoms with Crippen LogP contribution in [0.1, 0.15) is 19.8 Å². The zero-order valence-corrected chi connectivity index (χ0v) is 10.6. The lowest BCUT2D eigenvalue weighted by atomic mass is 10.0. The van der Waals surface area contributed by atoms with E-state index in [1.807, 2.05) is 0 Å². The minimum atomic E-state index is -3.14. The summed E-state index contributed by atoms with van der Waals surface area (Å²) >= 11 is 0. The Labute approximate surface area is 96.8 Å². The Morgan fingerprint density at radius 3 is 2.88 bits per heavy atom. The third-order valence-electron chi connectivity index (χ3n) is 3.45. The highest BCUT2D eigenvalue weighted by Gasteiger charge is 2.48. The standard InChI is InChI=1S/C10H19NO4S/c1-3-16(12,13)11-7-9(14-2)10-8(11)5-4-6-15-10/h8-10H,3-7H2,1-2H3/t8-,9+,10+/m1/s1. The van der Waals surface area contributed by atoms with E-state index in [0.717, 1.165) is 12.8 Å². The smallest absolute Gasteiger partial charge is 0.214 e. The Morgan fingerprint density at radius 2 is 2.25 bits per heavy atom. The number of ether oxygens (including phenoxy) is 2. The lowest BCUT2D eigenvalue weighted by Gasteiger charge is -2.31. The first-order valence-electron chi connectivity index (χ1n) is 5.74. The number of sulfonamides is 1. The van der Waals surface area contributed by atoms with Crippen molar-refractivity contribution in [3.63, 3.8) is 0 Å². The Kier molecular flexibility index (Phi) is 3.53. The number of hydrogen-bond acceptors (Lipinski definition) is 4. The highest BCUT2D eigenvalue weighted by atomic mass is 32.2. The molecule has 0 unspecified atom stereocenters. The van der Waals surface area contributed by atoms with E-state index in [1.54, 1.807) is 18.3 Å². The van der Waals surface area contributed by atoms with Crippen molar-refractivity contribution in [3.05, 3.63) is 0 Å². The van der Waals surface area contributed by atoms with Gasteiger partial charge in [-0.15, -0.1) is 0 Å². The molecule has 0 N–H and O–H groups in total. The minimum absolute atomic E-state index is 0.0244. The topological polar surface area (TPSA) is 55.8 Å². The summed E-state index contributed by atoms with van der Waals surface area (Å²) in [6, 6.07) is -0.0244. The number of fused-ring (bicyclic) bond motifs is 1. The minimum Gasteiger partial charge on any atom is -0.377 e. The van der Waals surface area contributed by atoms with Gasteiger partial charge in [0.05, 0.1) is 17.9 Å². The van der Waals surface area contributed by atoms with Crippen LogP contribution in [0.15, 0.2) is 0 Å². The normalized spacial score (nSPS) is 36.2. The summed E-state index contributed by atoms with van der Waals surface area (Å²) in [5, 5.41) is 0. The first-order valence-corrected chi connectivity index (χ1v) is 7.35. The fraction of sp³-hybridized carbons (Fsp3) is 1.00. The van der Waals surface area contributed by atoms with Crippen molar-refractivity contribution in [1.82, 2.24) is 4.31 Å². The Hall–Kier alpha value is -0.170. The van der Waals surface area contributed by atoms with Crippen LogP contribution in [-0.2, 0) is 19.5 Å². The predicted molar refractivity (Wildman–Crippen MR) is 59.7 cm³/mol. The zero-order valence-electron chi connectivity index (χ0n) is 9.76. The molecule has 0 bridgehead atoms. The van der Waals surface area contributed by atoms with Gasteiger partial charge in [0.1, 0.15) is 6.10 Å². The van der Waals surface area contributed by atoms with Crippen molar-refractivity contribution < 1.29 is 17.9 Å². The molecule has 2 heterocycles. The van der Waals surface area contributed by atoms with Gasteiger partial charge in [-0.3, -0.25) is 0 Å². The second-order valence-corrected chi connectivity index (χ2v) is 6.50. The first-order chi connectivity index (χ1) is 7.60. The summed E-state index contributed by atoms with van der Waals surface area (Å²) < 4.78 is 36.4. The lowest BCUT2D eigenvalue weighted by Crippen LogP contribution is -2.44. The highest BCUT2D eigenvalue weighted by Crippen LogP contribution is 2.32. The van der Waals surface area contributed by atoms with Crippen LogP contribution in [0.4, 0.5) is 0 Å². The van der Waals surface area contributed by atoms with E-state index in [2.05, 4.69) is 0 Å². The largest absolute Gasteiger partial charge is 0.377 e. The van der Waals surface area contributed by atoms with E-state index in [0.29, 0.717) is 13.2 Å². The van der Waals surface area contributed by atoms with Crippen molar-refractivity contribution in [2.45, 2.75) is 38.0 Å². The van der Waals surface area contributed by atoms with Gasteiger partial charge >= 0.3 is 0 Å². The Bertz CT molecular complexity index is 343. The molecule has 94 valence electrons. The van der Waals surface area contributed by atoms with Crippen molar-refractivity contribution in [2.24, 2.45) is 0 Å². The maximum absolute atomic E-state index is 11.9. The van der Waals surface area contributed by atoms with Gasteiger partial charge in [0.2, 0.25) is 10.0 Å². The van der Waals surface area contributed by atoms with Gasteiger partial charge in [0, 0.05) is 20.3 Å². The molecule has 0 aromatic carbocycles. The molecule has 2 aliphatic heterocycles. The van der Waals surface area contributed by atoms with Gasteiger partial charge in [-0.25, -0.2) is 8.42 Å². The van der Waals surface area contributed by atoms with E-state index in [1.165, 1.54) is 0 Å². The molecule has 0 saturated carbocycles. The maximum atomic E-state index is 11.9. The molecule has 2 fully saturated rings. The van der Waals surface area contributed by atoms with E-state index in [-0.39, 0.29) is 24.0 Å². The first kappa shape index (κ1) is 12.3. The summed E-state index contributed by atoms with van der Waals surface area (Å²) in [5.41, 5.74) is 0. The highest BCUT2D eigenvalue weighted by molar-refractivity contribution is 7.89. The Morgan fingerprint density at radius 1 is 1.50 bits per heavy atom. The summed E-state index contributed by atoms with van der Waals surface area (Å²) in [7, 11) is -1.53. The molecule has 0 aliphatic carbocycles. The van der Waals surface area contributed by atoms with Gasteiger partial charge < -0.3 is 9.47 Å².